The van der Waals surface area contributed by atoms with Crippen molar-refractivity contribution in [1.29, 1.82) is 0 Å². The molecule has 0 fully saturated rings. The van der Waals surface area contributed by atoms with Crippen LogP contribution in [0.25, 0.3) is 5.57 Å². The van der Waals surface area contributed by atoms with Crippen molar-refractivity contribution in [1.82, 2.24) is 0 Å². The van der Waals surface area contributed by atoms with Crippen LogP contribution in [0.2, 0.25) is 45.3 Å². The van der Waals surface area contributed by atoms with Crippen molar-refractivity contribution in [3.05, 3.63) is 63.2 Å². The Balaban J connectivity index is 0.00000140. The molecule has 1 atom stereocenters. The maximum absolute atomic E-state index is 13.6. The summed E-state index contributed by atoms with van der Waals surface area (Å²) in [6.07, 6.45) is 3.66. The van der Waals surface area contributed by atoms with Gasteiger partial charge in [-0.3, -0.25) is 4.79 Å². The van der Waals surface area contributed by atoms with Crippen LogP contribution in [0.4, 0.5) is 0 Å². The van der Waals surface area contributed by atoms with Crippen LogP contribution in [0.15, 0.2) is 46.0 Å². The zero-order valence-electron chi connectivity index (χ0n) is 18.1. The van der Waals surface area contributed by atoms with E-state index in [2.05, 4.69) is 70.5 Å². The summed E-state index contributed by atoms with van der Waals surface area (Å²) in [5, 5.41) is 2.55. The van der Waals surface area contributed by atoms with Gasteiger partial charge in [0.05, 0.1) is 7.59 Å². The van der Waals surface area contributed by atoms with E-state index in [0.29, 0.717) is 5.76 Å². The maximum atomic E-state index is 13.6. The number of ketones is 1. The third-order valence-corrected chi connectivity index (χ3v) is 25.2. The predicted octanol–water partition coefficient (Wildman–Crippen LogP) is -0.797. The van der Waals surface area contributed by atoms with Crippen LogP contribution < -0.4 is 24.8 Å². The molecule has 2 aliphatic carbocycles. The van der Waals surface area contributed by atoms with Gasteiger partial charge in [0, 0.05) is 7.59 Å². The van der Waals surface area contributed by atoms with Crippen LogP contribution in [-0.2, 0) is 30.9 Å². The van der Waals surface area contributed by atoms with Crippen molar-refractivity contribution in [2.45, 2.75) is 52.2 Å². The second-order valence-corrected chi connectivity index (χ2v) is 28.6. The van der Waals surface area contributed by atoms with E-state index in [4.69, 9.17) is 4.43 Å². The van der Waals surface area contributed by atoms with Crippen LogP contribution in [0.1, 0.15) is 18.1 Å². The minimum atomic E-state index is -1.89. The van der Waals surface area contributed by atoms with E-state index in [1.54, 1.807) is 0 Å². The molecule has 0 amide bonds. The zero-order valence-corrected chi connectivity index (χ0v) is 24.2. The summed E-state index contributed by atoms with van der Waals surface area (Å²) in [6.45, 7) is 16.1. The van der Waals surface area contributed by atoms with Crippen LogP contribution in [0.5, 0.6) is 0 Å². The molecule has 0 N–H and O–H groups in total. The molecule has 1 aromatic carbocycles. The molecule has 8 heteroatoms. The Hall–Kier alpha value is -0.145. The van der Waals surface area contributed by atoms with Crippen LogP contribution in [0, 0.1) is 6.08 Å². The fourth-order valence-electron chi connectivity index (χ4n) is 4.32. The van der Waals surface area contributed by atoms with E-state index in [-0.39, 0.29) is 52.3 Å². The summed E-state index contributed by atoms with van der Waals surface area (Å²) >= 11 is 0. The Morgan fingerprint density at radius 1 is 1.03 bits per heavy atom. The van der Waals surface area contributed by atoms with Gasteiger partial charge in [-0.05, 0) is 24.8 Å². The molecule has 1 heterocycles. The molecule has 2 nitrogen and oxygen atoms in total. The number of carbonyl (C=O) groups excluding carboxylic acids is 1. The van der Waals surface area contributed by atoms with E-state index in [0.717, 1.165) is 21.9 Å². The number of allylic oxidation sites excluding steroid dienone is 4. The SMILES string of the molecule is CC[Si](C)(C)[Si]1(C)C2=C1C1=[C-]c3ccccc3C1=C(O[Si](C)(C)C)C2=O.[Cl-].[Cl-].[Ti+3]. The van der Waals surface area contributed by atoms with Gasteiger partial charge in [0.2, 0.25) is 14.1 Å². The summed E-state index contributed by atoms with van der Waals surface area (Å²) in [6, 6.07) is 9.53. The fourth-order valence-corrected chi connectivity index (χ4v) is 17.8. The first-order valence-corrected chi connectivity index (χ1v) is 19.6. The van der Waals surface area contributed by atoms with Gasteiger partial charge in [0.25, 0.3) is 0 Å². The smallest absolute Gasteiger partial charge is 1.00 e. The quantitative estimate of drug-likeness (QED) is 0.389. The average Bonchev–Trinajstić information content (AvgIpc) is 3.03. The predicted molar refractivity (Wildman–Crippen MR) is 115 cm³/mol. The number of rotatable bonds is 4. The molecule has 1 radical (unpaired) electrons. The molecule has 1 unspecified atom stereocenters. The molecule has 3 aliphatic rings. The van der Waals surface area contributed by atoms with Crippen molar-refractivity contribution >= 4 is 34.9 Å². The molecular weight excluding hydrogens is 487 g/mol. The summed E-state index contributed by atoms with van der Waals surface area (Å²) in [4.78, 5) is 13.6. The van der Waals surface area contributed by atoms with Crippen LogP contribution in [0.3, 0.4) is 0 Å². The Morgan fingerprint density at radius 3 is 2.17 bits per heavy atom. The summed E-state index contributed by atoms with van der Waals surface area (Å²) in [5.74, 6) is 0.815. The Bertz CT molecular complexity index is 961. The second kappa shape index (κ2) is 8.42. The molecule has 0 saturated heterocycles. The number of fused-ring (bicyclic) bond motifs is 4. The number of hydrogen-bond acceptors (Lipinski definition) is 2. The molecule has 0 saturated carbocycles. The van der Waals surface area contributed by atoms with Gasteiger partial charge in [-0.2, -0.15) is 0 Å². The van der Waals surface area contributed by atoms with Gasteiger partial charge >= 0.3 is 21.7 Å². The molecule has 0 aromatic heterocycles. The minimum absolute atomic E-state index is 0. The van der Waals surface area contributed by atoms with E-state index < -0.39 is 23.5 Å². The first-order valence-electron chi connectivity index (χ1n) is 9.50. The van der Waals surface area contributed by atoms with Crippen molar-refractivity contribution in [2.75, 3.05) is 0 Å². The van der Waals surface area contributed by atoms with Gasteiger partial charge < -0.3 is 29.2 Å². The van der Waals surface area contributed by atoms with Crippen molar-refractivity contribution < 1.29 is 55.8 Å². The molecule has 1 aromatic rings. The summed E-state index contributed by atoms with van der Waals surface area (Å²) in [7, 11) is -5.19. The topological polar surface area (TPSA) is 26.3 Å². The fraction of sp³-hybridized carbons (Fsp3) is 0.381. The largest absolute Gasteiger partial charge is 3.00 e. The number of benzene rings is 1. The number of hydrogen-bond donors (Lipinski definition) is 0. The number of carbonyl (C=O) groups is 1. The van der Waals surface area contributed by atoms with Crippen molar-refractivity contribution in [3.63, 3.8) is 0 Å². The van der Waals surface area contributed by atoms with E-state index >= 15 is 0 Å². The van der Waals surface area contributed by atoms with E-state index in [9.17, 15) is 4.79 Å². The first-order chi connectivity index (χ1) is 12.0. The van der Waals surface area contributed by atoms with Gasteiger partial charge in [0.15, 0.2) is 0 Å². The average molecular weight is 514 g/mol. The maximum Gasteiger partial charge on any atom is 3.00 e. The third kappa shape index (κ3) is 3.82. The van der Waals surface area contributed by atoms with Crippen LogP contribution >= 0.6 is 0 Å². The molecular formula is C21H27Cl2O2Si3Ti. The monoisotopic (exact) mass is 513 g/mol. The Kier molecular flexibility index (Phi) is 7.80. The number of halogens is 2. The standard InChI is InChI=1S/C21H27O2Si3.2ClH.Ti/c1-8-25(5,6)26(7)20-16-13-14-11-9-10-12-15(14)17(16)19(18(22)21(20)26)23-24(2,3)4;;;/h9-12H,8H2,1-7H3;2*1H;/q-1;;;+3/p-2. The van der Waals surface area contributed by atoms with Crippen molar-refractivity contribution in [3.8, 4) is 0 Å². The summed E-state index contributed by atoms with van der Waals surface area (Å²) in [5.41, 5.74) is 4.45. The third-order valence-electron chi connectivity index (χ3n) is 6.45. The van der Waals surface area contributed by atoms with Gasteiger partial charge in [0.1, 0.15) is 5.76 Å². The molecule has 0 spiro atoms. The first kappa shape index (κ1) is 26.9. The van der Waals surface area contributed by atoms with Crippen LogP contribution in [-0.4, -0.2) is 29.3 Å². The molecule has 1 aliphatic heterocycles. The van der Waals surface area contributed by atoms with Gasteiger partial charge in [-0.25, -0.2) is 0 Å². The Labute approximate surface area is 204 Å². The molecule has 4 rings (SSSR count). The zero-order chi connectivity index (χ0) is 19.1. The number of Topliss-reactive ketones (excluding diaryl/α,β-unsaturated/α-hetero) is 1. The molecule has 0 bridgehead atoms. The van der Waals surface area contributed by atoms with Gasteiger partial charge in [-0.15, -0.1) is 34.0 Å². The summed E-state index contributed by atoms with van der Waals surface area (Å²) < 4.78 is 6.41. The van der Waals surface area contributed by atoms with E-state index in [1.807, 2.05) is 6.07 Å². The second-order valence-electron chi connectivity index (χ2n) is 9.41. The molecule has 153 valence electrons. The van der Waals surface area contributed by atoms with Gasteiger partial charge in [-0.1, -0.05) is 56.4 Å². The minimum Gasteiger partial charge on any atom is -1.00 e. The molecule has 29 heavy (non-hydrogen) atoms. The van der Waals surface area contributed by atoms with E-state index in [1.165, 1.54) is 16.8 Å². The normalized spacial score (nSPS) is 21.8. The van der Waals surface area contributed by atoms with Crippen molar-refractivity contribution in [2.24, 2.45) is 0 Å². The Morgan fingerprint density at radius 2 is 1.62 bits per heavy atom.